The first kappa shape index (κ1) is 19.2. The molecule has 5 nitrogen and oxygen atoms in total. The van der Waals surface area contributed by atoms with E-state index in [1.54, 1.807) is 4.90 Å². The Bertz CT molecular complexity index is 673. The Balaban J connectivity index is 1.85. The Labute approximate surface area is 160 Å². The van der Waals surface area contributed by atoms with Crippen LogP contribution in [0.1, 0.15) is 37.8 Å². The number of halogens is 1. The summed E-state index contributed by atoms with van der Waals surface area (Å²) in [5, 5.41) is 0.616. The minimum Gasteiger partial charge on any atom is -0.342 e. The summed E-state index contributed by atoms with van der Waals surface area (Å²) >= 11 is 6.42. The van der Waals surface area contributed by atoms with Crippen molar-refractivity contribution >= 4 is 23.4 Å². The molecule has 2 saturated heterocycles. The Morgan fingerprint density at radius 2 is 1.92 bits per heavy atom. The minimum absolute atomic E-state index is 0.0348. The van der Waals surface area contributed by atoms with Gasteiger partial charge in [0.05, 0.1) is 12.0 Å². The zero-order chi connectivity index (χ0) is 18.8. The second-order valence-electron chi connectivity index (χ2n) is 7.44. The second kappa shape index (κ2) is 7.97. The highest BCUT2D eigenvalue weighted by Crippen LogP contribution is 2.41. The van der Waals surface area contributed by atoms with Crippen molar-refractivity contribution in [3.63, 3.8) is 0 Å². The van der Waals surface area contributed by atoms with E-state index in [1.807, 2.05) is 43.1 Å². The topological polar surface area (TPSA) is 43.9 Å². The number of rotatable bonds is 4. The van der Waals surface area contributed by atoms with Gasteiger partial charge in [0.2, 0.25) is 11.8 Å². The van der Waals surface area contributed by atoms with Gasteiger partial charge in [-0.2, -0.15) is 0 Å². The van der Waals surface area contributed by atoms with Gasteiger partial charge in [-0.15, -0.1) is 0 Å². The van der Waals surface area contributed by atoms with Crippen LogP contribution in [0.15, 0.2) is 24.3 Å². The van der Waals surface area contributed by atoms with E-state index in [4.69, 9.17) is 11.6 Å². The van der Waals surface area contributed by atoms with Crippen LogP contribution in [0.3, 0.4) is 0 Å². The molecule has 2 atom stereocenters. The second-order valence-corrected chi connectivity index (χ2v) is 7.85. The van der Waals surface area contributed by atoms with Gasteiger partial charge < -0.3 is 14.7 Å². The number of carbonyl (C=O) groups excluding carboxylic acids is 2. The fourth-order valence-electron chi connectivity index (χ4n) is 4.31. The predicted molar refractivity (Wildman–Crippen MR) is 103 cm³/mol. The van der Waals surface area contributed by atoms with Crippen LogP contribution >= 0.6 is 11.6 Å². The molecule has 2 amide bonds. The number of benzene rings is 1. The molecule has 142 valence electrons. The quantitative estimate of drug-likeness (QED) is 0.810. The molecule has 26 heavy (non-hydrogen) atoms. The molecule has 0 aromatic heterocycles. The Morgan fingerprint density at radius 1 is 1.27 bits per heavy atom. The van der Waals surface area contributed by atoms with Crippen LogP contribution in [0.25, 0.3) is 0 Å². The molecule has 2 aliphatic heterocycles. The third kappa shape index (κ3) is 3.60. The van der Waals surface area contributed by atoms with E-state index in [1.165, 1.54) is 0 Å². The lowest BCUT2D eigenvalue weighted by molar-refractivity contribution is -0.138. The standard InChI is InChI=1S/C20H28ClN3O2/c1-4-24-18(25)13-16(19(24)15-7-5-6-8-17(15)21)20(26)23(3)14-9-11-22(2)12-10-14/h5-8,14,16,19H,4,9-13H2,1-3H3/t16-,19+/m1/s1. The van der Waals surface area contributed by atoms with Crippen LogP contribution < -0.4 is 0 Å². The average Bonchev–Trinajstić information content (AvgIpc) is 2.97. The smallest absolute Gasteiger partial charge is 0.228 e. The number of amides is 2. The maximum absolute atomic E-state index is 13.3. The van der Waals surface area contributed by atoms with Crippen LogP contribution in [0.2, 0.25) is 5.02 Å². The van der Waals surface area contributed by atoms with Gasteiger partial charge in [-0.3, -0.25) is 9.59 Å². The first-order valence-corrected chi connectivity index (χ1v) is 9.81. The van der Waals surface area contributed by atoms with Crippen LogP contribution in [-0.4, -0.2) is 66.3 Å². The van der Waals surface area contributed by atoms with Crippen molar-refractivity contribution in [2.45, 2.75) is 38.3 Å². The molecule has 6 heteroatoms. The van der Waals surface area contributed by atoms with E-state index in [9.17, 15) is 9.59 Å². The van der Waals surface area contributed by atoms with Crippen LogP contribution in [-0.2, 0) is 9.59 Å². The number of carbonyl (C=O) groups is 2. The third-order valence-corrected chi connectivity index (χ3v) is 6.24. The predicted octanol–water partition coefficient (Wildman–Crippen LogP) is 2.80. The highest BCUT2D eigenvalue weighted by molar-refractivity contribution is 6.31. The lowest BCUT2D eigenvalue weighted by Crippen LogP contribution is -2.47. The summed E-state index contributed by atoms with van der Waals surface area (Å²) in [4.78, 5) is 31.9. The Hall–Kier alpha value is -1.59. The van der Waals surface area contributed by atoms with Gasteiger partial charge in [0.15, 0.2) is 0 Å². The van der Waals surface area contributed by atoms with Crippen molar-refractivity contribution in [1.29, 1.82) is 0 Å². The van der Waals surface area contributed by atoms with Crippen molar-refractivity contribution in [1.82, 2.24) is 14.7 Å². The average molecular weight is 378 g/mol. The highest BCUT2D eigenvalue weighted by atomic mass is 35.5. The number of piperidine rings is 1. The molecule has 0 aliphatic carbocycles. The van der Waals surface area contributed by atoms with Gasteiger partial charge in [-0.05, 0) is 51.5 Å². The first-order chi connectivity index (χ1) is 12.4. The van der Waals surface area contributed by atoms with E-state index in [0.29, 0.717) is 11.6 Å². The molecule has 3 rings (SSSR count). The van der Waals surface area contributed by atoms with E-state index in [2.05, 4.69) is 11.9 Å². The molecule has 1 aromatic carbocycles. The van der Waals surface area contributed by atoms with E-state index < -0.39 is 0 Å². The number of nitrogens with zero attached hydrogens (tertiary/aromatic N) is 3. The third-order valence-electron chi connectivity index (χ3n) is 5.90. The van der Waals surface area contributed by atoms with Gasteiger partial charge >= 0.3 is 0 Å². The minimum atomic E-state index is -0.369. The summed E-state index contributed by atoms with van der Waals surface area (Å²) in [6.07, 6.45) is 2.22. The van der Waals surface area contributed by atoms with Crippen LogP contribution in [0, 0.1) is 5.92 Å². The summed E-state index contributed by atoms with van der Waals surface area (Å²) in [6, 6.07) is 7.53. The normalized spacial score (nSPS) is 24.9. The van der Waals surface area contributed by atoms with Crippen molar-refractivity contribution in [2.24, 2.45) is 5.92 Å². The molecule has 0 unspecified atom stereocenters. The van der Waals surface area contributed by atoms with Crippen molar-refractivity contribution in [3.8, 4) is 0 Å². The molecule has 2 heterocycles. The van der Waals surface area contributed by atoms with Crippen molar-refractivity contribution < 1.29 is 9.59 Å². The fraction of sp³-hybridized carbons (Fsp3) is 0.600. The maximum atomic E-state index is 13.3. The van der Waals surface area contributed by atoms with Gasteiger partial charge in [0, 0.05) is 31.1 Å². The molecule has 0 bridgehead atoms. The van der Waals surface area contributed by atoms with E-state index >= 15 is 0 Å². The van der Waals surface area contributed by atoms with Gasteiger partial charge in [-0.25, -0.2) is 0 Å². The molecule has 0 radical (unpaired) electrons. The van der Waals surface area contributed by atoms with Crippen LogP contribution in [0.5, 0.6) is 0 Å². The van der Waals surface area contributed by atoms with E-state index in [-0.39, 0.29) is 36.2 Å². The highest BCUT2D eigenvalue weighted by Gasteiger charge is 2.46. The zero-order valence-corrected chi connectivity index (χ0v) is 16.6. The fourth-order valence-corrected chi connectivity index (χ4v) is 4.56. The zero-order valence-electron chi connectivity index (χ0n) is 15.8. The maximum Gasteiger partial charge on any atom is 0.228 e. The molecular formula is C20H28ClN3O2. The molecule has 0 N–H and O–H groups in total. The number of likely N-dealkylation sites (tertiary alicyclic amines) is 2. The molecular weight excluding hydrogens is 350 g/mol. The SMILES string of the molecule is CCN1C(=O)C[C@@H](C(=O)N(C)C2CCN(C)CC2)[C@@H]1c1ccccc1Cl. The lowest BCUT2D eigenvalue weighted by atomic mass is 9.91. The Morgan fingerprint density at radius 3 is 2.54 bits per heavy atom. The summed E-state index contributed by atoms with van der Waals surface area (Å²) in [6.45, 7) is 4.54. The Kier molecular flexibility index (Phi) is 5.88. The summed E-state index contributed by atoms with van der Waals surface area (Å²) < 4.78 is 0. The molecule has 2 aliphatic rings. The van der Waals surface area contributed by atoms with Crippen molar-refractivity contribution in [3.05, 3.63) is 34.9 Å². The molecule has 2 fully saturated rings. The largest absolute Gasteiger partial charge is 0.342 e. The molecule has 0 spiro atoms. The van der Waals surface area contributed by atoms with E-state index in [0.717, 1.165) is 31.5 Å². The van der Waals surface area contributed by atoms with Gasteiger partial charge in [0.25, 0.3) is 0 Å². The first-order valence-electron chi connectivity index (χ1n) is 9.43. The summed E-state index contributed by atoms with van der Waals surface area (Å²) in [5.74, 6) is -0.270. The number of hydrogen-bond donors (Lipinski definition) is 0. The molecule has 0 saturated carbocycles. The van der Waals surface area contributed by atoms with Gasteiger partial charge in [0.1, 0.15) is 0 Å². The van der Waals surface area contributed by atoms with Crippen LogP contribution in [0.4, 0.5) is 0 Å². The summed E-state index contributed by atoms with van der Waals surface area (Å²) in [5.41, 5.74) is 0.872. The van der Waals surface area contributed by atoms with Gasteiger partial charge in [-0.1, -0.05) is 29.8 Å². The van der Waals surface area contributed by atoms with Crippen molar-refractivity contribution in [2.75, 3.05) is 33.7 Å². The monoisotopic (exact) mass is 377 g/mol. The molecule has 1 aromatic rings. The lowest BCUT2D eigenvalue weighted by Gasteiger charge is -2.37. The summed E-state index contributed by atoms with van der Waals surface area (Å²) in [7, 11) is 4.00. The number of hydrogen-bond acceptors (Lipinski definition) is 3.